The molecule has 0 aliphatic rings. The predicted octanol–water partition coefficient (Wildman–Crippen LogP) is 5.19. The number of benzene rings is 1. The molecule has 0 amide bonds. The molecule has 130 valence electrons. The van der Waals surface area contributed by atoms with Crippen molar-refractivity contribution in [2.75, 3.05) is 0 Å². The van der Waals surface area contributed by atoms with E-state index >= 15 is 0 Å². The number of pyridine rings is 1. The second-order valence-corrected chi connectivity index (χ2v) is 6.41. The molecule has 26 heavy (non-hydrogen) atoms. The first-order valence-corrected chi connectivity index (χ1v) is 9.51. The van der Waals surface area contributed by atoms with Gasteiger partial charge in [-0.2, -0.15) is 5.26 Å². The Morgan fingerprint density at radius 2 is 1.92 bits per heavy atom. The first-order chi connectivity index (χ1) is 12.7. The lowest BCUT2D eigenvalue weighted by atomic mass is 10.0. The van der Waals surface area contributed by atoms with Gasteiger partial charge in [-0.05, 0) is 29.7 Å². The zero-order valence-corrected chi connectivity index (χ0v) is 15.9. The van der Waals surface area contributed by atoms with Crippen molar-refractivity contribution in [3.8, 4) is 17.3 Å². The van der Waals surface area contributed by atoms with Crippen molar-refractivity contribution in [3.63, 3.8) is 0 Å². The molecule has 0 aliphatic heterocycles. The lowest BCUT2D eigenvalue weighted by Crippen LogP contribution is -1.96. The highest BCUT2D eigenvalue weighted by Crippen LogP contribution is 2.24. The topological polar surface area (TPSA) is 54.5 Å². The van der Waals surface area contributed by atoms with Crippen molar-refractivity contribution >= 4 is 22.4 Å². The van der Waals surface area contributed by atoms with Gasteiger partial charge in [0, 0.05) is 29.6 Å². The molecule has 0 fully saturated rings. The third-order valence-electron chi connectivity index (χ3n) is 4.11. The van der Waals surface area contributed by atoms with Crippen LogP contribution in [-0.4, -0.2) is 14.5 Å². The minimum Gasteiger partial charge on any atom is -0.336 e. The second kappa shape index (κ2) is 7.94. The Morgan fingerprint density at radius 1 is 1.15 bits per heavy atom. The predicted molar refractivity (Wildman–Crippen MR) is 107 cm³/mol. The number of thiazole rings is 1. The van der Waals surface area contributed by atoms with Gasteiger partial charge >= 0.3 is 0 Å². The molecular formula is C21H20N4S. The fraction of sp³-hybridized carbons (Fsp3) is 0.190. The van der Waals surface area contributed by atoms with Gasteiger partial charge in [0.2, 0.25) is 0 Å². The largest absolute Gasteiger partial charge is 0.336 e. The molecule has 0 saturated heterocycles. The lowest BCUT2D eigenvalue weighted by Gasteiger charge is -2.06. The van der Waals surface area contributed by atoms with Gasteiger partial charge in [0.15, 0.2) is 0 Å². The SMILES string of the molecule is CC.Cn1ccc2c(Cc3ccc(-c4cscn4)cc3)cc(C#N)nc21. The quantitative estimate of drug-likeness (QED) is 0.505. The van der Waals surface area contributed by atoms with Crippen molar-refractivity contribution in [2.45, 2.75) is 20.3 Å². The van der Waals surface area contributed by atoms with Crippen molar-refractivity contribution in [1.29, 1.82) is 5.26 Å². The Hall–Kier alpha value is -2.97. The fourth-order valence-electron chi connectivity index (χ4n) is 2.87. The van der Waals surface area contributed by atoms with Crippen molar-refractivity contribution in [3.05, 3.63) is 70.3 Å². The molecule has 4 nitrogen and oxygen atoms in total. The third-order valence-corrected chi connectivity index (χ3v) is 4.70. The van der Waals surface area contributed by atoms with Gasteiger partial charge in [-0.25, -0.2) is 9.97 Å². The number of fused-ring (bicyclic) bond motifs is 1. The van der Waals surface area contributed by atoms with E-state index < -0.39 is 0 Å². The van der Waals surface area contributed by atoms with E-state index in [1.165, 1.54) is 5.56 Å². The summed E-state index contributed by atoms with van der Waals surface area (Å²) in [5, 5.41) is 12.4. The molecule has 0 radical (unpaired) electrons. The van der Waals surface area contributed by atoms with Crippen LogP contribution in [0.25, 0.3) is 22.3 Å². The molecule has 0 unspecified atom stereocenters. The molecule has 0 spiro atoms. The Balaban J connectivity index is 0.000000948. The summed E-state index contributed by atoms with van der Waals surface area (Å²) in [6, 6.07) is 14.5. The van der Waals surface area contributed by atoms with E-state index in [0.29, 0.717) is 5.69 Å². The zero-order chi connectivity index (χ0) is 18.5. The number of hydrogen-bond acceptors (Lipinski definition) is 4. The monoisotopic (exact) mass is 360 g/mol. The Labute approximate surface area is 157 Å². The summed E-state index contributed by atoms with van der Waals surface area (Å²) < 4.78 is 1.95. The first-order valence-electron chi connectivity index (χ1n) is 8.57. The Bertz CT molecular complexity index is 1040. The summed E-state index contributed by atoms with van der Waals surface area (Å²) in [5.41, 5.74) is 7.61. The molecule has 0 N–H and O–H groups in total. The van der Waals surface area contributed by atoms with Gasteiger partial charge in [0.25, 0.3) is 0 Å². The van der Waals surface area contributed by atoms with Crippen molar-refractivity contribution in [1.82, 2.24) is 14.5 Å². The van der Waals surface area contributed by atoms with E-state index in [0.717, 1.165) is 34.3 Å². The summed E-state index contributed by atoms with van der Waals surface area (Å²) in [5.74, 6) is 0. The minimum atomic E-state index is 0.457. The number of nitriles is 1. The molecule has 3 heterocycles. The summed E-state index contributed by atoms with van der Waals surface area (Å²) in [7, 11) is 1.95. The van der Waals surface area contributed by atoms with Crippen LogP contribution in [0.1, 0.15) is 30.7 Å². The lowest BCUT2D eigenvalue weighted by molar-refractivity contribution is 0.945. The van der Waals surface area contributed by atoms with Gasteiger partial charge in [-0.15, -0.1) is 11.3 Å². The van der Waals surface area contributed by atoms with Crippen LogP contribution in [0.3, 0.4) is 0 Å². The molecule has 4 rings (SSSR count). The van der Waals surface area contributed by atoms with Crippen LogP contribution < -0.4 is 0 Å². The molecule has 1 aromatic carbocycles. The first kappa shape index (κ1) is 17.8. The standard InChI is InChI=1S/C19H14N4S.C2H6/c1-23-7-6-17-15(9-16(10-20)22-19(17)23)8-13-2-4-14(5-3-13)18-11-24-12-21-18;1-2/h2-7,9,11-12H,8H2,1H3;1-2H3. The van der Waals surface area contributed by atoms with Crippen molar-refractivity contribution in [2.24, 2.45) is 7.05 Å². The molecule has 4 aromatic rings. The van der Waals surface area contributed by atoms with Crippen LogP contribution in [0, 0.1) is 11.3 Å². The molecule has 5 heteroatoms. The zero-order valence-electron chi connectivity index (χ0n) is 15.1. The minimum absolute atomic E-state index is 0.457. The van der Waals surface area contributed by atoms with Crippen LogP contribution in [0.2, 0.25) is 0 Å². The maximum atomic E-state index is 9.23. The maximum Gasteiger partial charge on any atom is 0.143 e. The number of nitrogens with zero attached hydrogens (tertiary/aromatic N) is 4. The number of rotatable bonds is 3. The smallest absolute Gasteiger partial charge is 0.143 e. The molecule has 3 aromatic heterocycles. The molecular weight excluding hydrogens is 340 g/mol. The second-order valence-electron chi connectivity index (χ2n) is 5.69. The Kier molecular flexibility index (Phi) is 5.45. The number of aryl methyl sites for hydroxylation is 1. The molecule has 0 bridgehead atoms. The Morgan fingerprint density at radius 3 is 2.58 bits per heavy atom. The van der Waals surface area contributed by atoms with Gasteiger partial charge in [0.1, 0.15) is 17.4 Å². The van der Waals surface area contributed by atoms with Crippen LogP contribution >= 0.6 is 11.3 Å². The van der Waals surface area contributed by atoms with Crippen LogP contribution in [0.4, 0.5) is 0 Å². The van der Waals surface area contributed by atoms with E-state index in [1.807, 2.05) is 48.6 Å². The van der Waals surface area contributed by atoms with Crippen molar-refractivity contribution < 1.29 is 0 Å². The van der Waals surface area contributed by atoms with Crippen LogP contribution in [-0.2, 0) is 13.5 Å². The van der Waals surface area contributed by atoms with Crippen LogP contribution in [0.5, 0.6) is 0 Å². The highest BCUT2D eigenvalue weighted by atomic mass is 32.1. The summed E-state index contributed by atoms with van der Waals surface area (Å²) >= 11 is 1.60. The summed E-state index contributed by atoms with van der Waals surface area (Å²) in [4.78, 5) is 8.74. The third kappa shape index (κ3) is 3.51. The fourth-order valence-corrected chi connectivity index (χ4v) is 3.43. The normalized spacial score (nSPS) is 10.2. The van der Waals surface area contributed by atoms with Crippen LogP contribution in [0.15, 0.2) is 53.5 Å². The summed E-state index contributed by atoms with van der Waals surface area (Å²) in [6.07, 6.45) is 2.75. The van der Waals surface area contributed by atoms with E-state index in [1.54, 1.807) is 11.3 Å². The number of hydrogen-bond donors (Lipinski definition) is 0. The average Bonchev–Trinajstić information content (AvgIpc) is 3.35. The van der Waals surface area contributed by atoms with E-state index in [2.05, 4.69) is 46.4 Å². The van der Waals surface area contributed by atoms with Gasteiger partial charge < -0.3 is 4.57 Å². The highest BCUT2D eigenvalue weighted by molar-refractivity contribution is 7.07. The van der Waals surface area contributed by atoms with E-state index in [4.69, 9.17) is 0 Å². The summed E-state index contributed by atoms with van der Waals surface area (Å²) in [6.45, 7) is 4.00. The van der Waals surface area contributed by atoms with E-state index in [9.17, 15) is 5.26 Å². The molecule has 0 saturated carbocycles. The highest BCUT2D eigenvalue weighted by Gasteiger charge is 2.10. The molecule has 0 atom stereocenters. The van der Waals surface area contributed by atoms with Gasteiger partial charge in [-0.1, -0.05) is 38.1 Å². The van der Waals surface area contributed by atoms with E-state index in [-0.39, 0.29) is 0 Å². The maximum absolute atomic E-state index is 9.23. The van der Waals surface area contributed by atoms with Gasteiger partial charge in [-0.3, -0.25) is 0 Å². The van der Waals surface area contributed by atoms with Gasteiger partial charge in [0.05, 0.1) is 11.2 Å². The molecule has 0 aliphatic carbocycles. The average molecular weight is 360 g/mol. The number of aromatic nitrogens is 3.